The van der Waals surface area contributed by atoms with Crippen LogP contribution in [0.3, 0.4) is 0 Å². The van der Waals surface area contributed by atoms with Crippen molar-refractivity contribution in [2.24, 2.45) is 0 Å². The first-order valence-electron chi connectivity index (χ1n) is 8.55. The molecule has 4 rings (SSSR count). The fourth-order valence-corrected chi connectivity index (χ4v) is 3.64. The first-order chi connectivity index (χ1) is 13.8. The number of halogens is 3. The Morgan fingerprint density at radius 1 is 1.17 bits per heavy atom. The zero-order valence-electron chi connectivity index (χ0n) is 15.0. The summed E-state index contributed by atoms with van der Waals surface area (Å²) in [6.45, 7) is 0.134. The molecule has 3 heterocycles. The van der Waals surface area contributed by atoms with Gasteiger partial charge in [0.1, 0.15) is 5.02 Å². The van der Waals surface area contributed by atoms with Gasteiger partial charge in [0, 0.05) is 24.5 Å². The number of carbonyl (C=O) groups is 1. The topological polar surface area (TPSA) is 95.3 Å². The molecule has 0 spiro atoms. The maximum atomic E-state index is 13.9. The smallest absolute Gasteiger partial charge is 0.266 e. The number of benzene rings is 1. The molecule has 3 aromatic rings. The summed E-state index contributed by atoms with van der Waals surface area (Å²) >= 11 is 5.80. The largest absolute Gasteiger partial charge is 0.373 e. The first-order valence-corrected chi connectivity index (χ1v) is 8.92. The van der Waals surface area contributed by atoms with Crippen LogP contribution in [-0.2, 0) is 11.3 Å². The molecular weight excluding hydrogens is 408 g/mol. The molecule has 1 amide bonds. The number of H-pyrrole nitrogens is 2. The van der Waals surface area contributed by atoms with E-state index < -0.39 is 34.7 Å². The summed E-state index contributed by atoms with van der Waals surface area (Å²) in [5.41, 5.74) is -0.128. The number of hydrogen-bond donors (Lipinski definition) is 2. The average molecular weight is 422 g/mol. The highest BCUT2D eigenvalue weighted by Crippen LogP contribution is 2.34. The van der Waals surface area contributed by atoms with E-state index in [1.807, 2.05) is 0 Å². The molecule has 1 aliphatic rings. The molecule has 0 saturated carbocycles. The van der Waals surface area contributed by atoms with Crippen LogP contribution in [0.2, 0.25) is 5.02 Å². The van der Waals surface area contributed by atoms with E-state index in [0.29, 0.717) is 11.3 Å². The summed E-state index contributed by atoms with van der Waals surface area (Å²) in [4.78, 5) is 43.0. The number of pyridine rings is 2. The van der Waals surface area contributed by atoms with E-state index in [0.717, 1.165) is 12.1 Å². The molecule has 0 aliphatic carbocycles. The lowest BCUT2D eigenvalue weighted by Gasteiger charge is -2.33. The van der Waals surface area contributed by atoms with E-state index in [1.165, 1.54) is 24.2 Å². The van der Waals surface area contributed by atoms with Gasteiger partial charge < -0.3 is 19.6 Å². The fourth-order valence-electron chi connectivity index (χ4n) is 3.47. The van der Waals surface area contributed by atoms with Gasteiger partial charge in [0.25, 0.3) is 17.0 Å². The number of amides is 1. The average Bonchev–Trinajstić information content (AvgIpc) is 2.70. The van der Waals surface area contributed by atoms with Crippen molar-refractivity contribution in [3.8, 4) is 0 Å². The molecule has 1 aliphatic heterocycles. The lowest BCUT2D eigenvalue weighted by Crippen LogP contribution is -2.37. The molecule has 0 radical (unpaired) electrons. The number of ether oxygens (including phenoxy) is 1. The minimum atomic E-state index is -1.14. The van der Waals surface area contributed by atoms with Crippen molar-refractivity contribution >= 4 is 28.3 Å². The highest BCUT2D eigenvalue weighted by molar-refractivity contribution is 6.30. The lowest BCUT2D eigenvalue weighted by molar-refractivity contribution is 0.0335. The van der Waals surface area contributed by atoms with Crippen molar-refractivity contribution in [2.75, 3.05) is 13.7 Å². The molecule has 29 heavy (non-hydrogen) atoms. The van der Waals surface area contributed by atoms with Gasteiger partial charge >= 0.3 is 0 Å². The molecule has 1 unspecified atom stereocenters. The molecule has 0 bridgehead atoms. The number of hydrogen-bond acceptors (Lipinski definition) is 4. The van der Waals surface area contributed by atoms with Crippen molar-refractivity contribution in [3.05, 3.63) is 78.6 Å². The van der Waals surface area contributed by atoms with Crippen LogP contribution in [-0.4, -0.2) is 34.4 Å². The molecule has 1 atom stereocenters. The molecule has 7 nitrogen and oxygen atoms in total. The Kier molecular flexibility index (Phi) is 4.71. The van der Waals surface area contributed by atoms with Crippen molar-refractivity contribution in [3.63, 3.8) is 0 Å². The third-order valence-electron chi connectivity index (χ3n) is 4.93. The number of likely N-dealkylation sites (N-methyl/N-ethyl adjacent to an activating group) is 1. The zero-order valence-corrected chi connectivity index (χ0v) is 15.8. The number of nitrogens with zero attached hydrogens (tertiary/aromatic N) is 1. The fraction of sp³-hybridized carbons (Fsp3) is 0.211. The minimum Gasteiger partial charge on any atom is -0.373 e. The first kappa shape index (κ1) is 19.3. The summed E-state index contributed by atoms with van der Waals surface area (Å²) in [5, 5.41) is 0.0365. The van der Waals surface area contributed by atoms with E-state index >= 15 is 0 Å². The SMILES string of the molecule is CN(C(=O)c1c[nH]c(=O)c(Cl)c1)C1COCc2[nH]c(=O)c3cc(F)c(F)cc3c21. The second-order valence-corrected chi connectivity index (χ2v) is 7.08. The highest BCUT2D eigenvalue weighted by atomic mass is 35.5. The number of carbonyl (C=O) groups excluding carboxylic acids is 1. The molecule has 0 fully saturated rings. The Bertz CT molecular complexity index is 1270. The van der Waals surface area contributed by atoms with Crippen LogP contribution >= 0.6 is 11.6 Å². The van der Waals surface area contributed by atoms with Crippen LogP contribution in [0.25, 0.3) is 10.8 Å². The van der Waals surface area contributed by atoms with Gasteiger partial charge in [-0.15, -0.1) is 0 Å². The van der Waals surface area contributed by atoms with Gasteiger partial charge in [0.05, 0.1) is 30.2 Å². The normalized spacial score (nSPS) is 15.9. The van der Waals surface area contributed by atoms with Crippen LogP contribution < -0.4 is 11.1 Å². The third-order valence-corrected chi connectivity index (χ3v) is 5.21. The molecule has 2 aromatic heterocycles. The molecule has 150 valence electrons. The Morgan fingerprint density at radius 3 is 2.55 bits per heavy atom. The van der Waals surface area contributed by atoms with E-state index in [4.69, 9.17) is 16.3 Å². The van der Waals surface area contributed by atoms with Crippen LogP contribution in [0.1, 0.15) is 27.7 Å². The van der Waals surface area contributed by atoms with Gasteiger partial charge in [-0.2, -0.15) is 0 Å². The summed E-state index contributed by atoms with van der Waals surface area (Å²) < 4.78 is 33.1. The molecule has 2 N–H and O–H groups in total. The third kappa shape index (κ3) is 3.22. The number of aromatic nitrogens is 2. The standard InChI is InChI=1S/C19H14ClF2N3O4/c1-25(19(28)8-2-11(20)18(27)23-5-8)15-7-29-6-14-16(15)9-3-12(21)13(22)4-10(9)17(26)24-14/h2-5,15H,6-7H2,1H3,(H,23,27)(H,24,26). The van der Waals surface area contributed by atoms with E-state index in [1.54, 1.807) is 0 Å². The van der Waals surface area contributed by atoms with Crippen LogP contribution in [0.4, 0.5) is 8.78 Å². The monoisotopic (exact) mass is 421 g/mol. The maximum absolute atomic E-state index is 13.9. The Labute approximate surface area is 166 Å². The van der Waals surface area contributed by atoms with Gasteiger partial charge in [-0.05, 0) is 23.6 Å². The summed E-state index contributed by atoms with van der Waals surface area (Å²) in [6, 6.07) is 2.33. The van der Waals surface area contributed by atoms with Crippen molar-refractivity contribution in [1.29, 1.82) is 0 Å². The Hall–Kier alpha value is -3.04. The molecular formula is C19H14ClF2N3O4. The molecule has 0 saturated heterocycles. The molecule has 10 heteroatoms. The van der Waals surface area contributed by atoms with Crippen molar-refractivity contribution in [2.45, 2.75) is 12.6 Å². The summed E-state index contributed by atoms with van der Waals surface area (Å²) in [5.74, 6) is -2.72. The lowest BCUT2D eigenvalue weighted by atomic mass is 9.95. The van der Waals surface area contributed by atoms with Gasteiger partial charge in [-0.1, -0.05) is 11.6 Å². The van der Waals surface area contributed by atoms with E-state index in [9.17, 15) is 23.2 Å². The second-order valence-electron chi connectivity index (χ2n) is 6.67. The van der Waals surface area contributed by atoms with Gasteiger partial charge in [0.2, 0.25) is 0 Å². The van der Waals surface area contributed by atoms with Gasteiger partial charge in [-0.3, -0.25) is 14.4 Å². The Balaban J connectivity index is 1.85. The predicted molar refractivity (Wildman–Crippen MR) is 101 cm³/mol. The second kappa shape index (κ2) is 7.09. The number of aromatic amines is 2. The van der Waals surface area contributed by atoms with Crippen molar-refractivity contribution in [1.82, 2.24) is 14.9 Å². The summed E-state index contributed by atoms with van der Waals surface area (Å²) in [7, 11) is 1.50. The summed E-state index contributed by atoms with van der Waals surface area (Å²) in [6.07, 6.45) is 1.23. The van der Waals surface area contributed by atoms with Crippen LogP contribution in [0.15, 0.2) is 34.0 Å². The Morgan fingerprint density at radius 2 is 1.86 bits per heavy atom. The zero-order chi connectivity index (χ0) is 20.9. The van der Waals surface area contributed by atoms with Crippen LogP contribution in [0.5, 0.6) is 0 Å². The van der Waals surface area contributed by atoms with Gasteiger partial charge in [-0.25, -0.2) is 8.78 Å². The maximum Gasteiger partial charge on any atom is 0.266 e. The van der Waals surface area contributed by atoms with Crippen LogP contribution in [0, 0.1) is 11.6 Å². The number of rotatable bonds is 2. The minimum absolute atomic E-state index is 0.0255. The molecule has 1 aromatic carbocycles. The van der Waals surface area contributed by atoms with Crippen molar-refractivity contribution < 1.29 is 18.3 Å². The van der Waals surface area contributed by atoms with E-state index in [-0.39, 0.29) is 34.6 Å². The van der Waals surface area contributed by atoms with E-state index in [2.05, 4.69) is 9.97 Å². The predicted octanol–water partition coefficient (Wildman–Crippen LogP) is 2.49. The quantitative estimate of drug-likeness (QED) is 0.664. The number of nitrogens with one attached hydrogen (secondary N) is 2. The highest BCUT2D eigenvalue weighted by Gasteiger charge is 2.31. The number of fused-ring (bicyclic) bond motifs is 3. The van der Waals surface area contributed by atoms with Gasteiger partial charge in [0.15, 0.2) is 11.6 Å².